The van der Waals surface area contributed by atoms with E-state index < -0.39 is 10.0 Å². The summed E-state index contributed by atoms with van der Waals surface area (Å²) >= 11 is 0. The predicted octanol–water partition coefficient (Wildman–Crippen LogP) is 2.03. The maximum Gasteiger partial charge on any atom is 0.253 e. The maximum absolute atomic E-state index is 12.7. The Morgan fingerprint density at radius 1 is 1.35 bits per heavy atom. The molecule has 1 amide bonds. The Morgan fingerprint density at radius 3 is 2.65 bits per heavy atom. The van der Waals surface area contributed by atoms with Crippen LogP contribution in [0.1, 0.15) is 30.1 Å². The zero-order valence-electron chi connectivity index (χ0n) is 15.1. The number of piperidine rings is 1. The Hall–Kier alpha value is -1.41. The van der Waals surface area contributed by atoms with Gasteiger partial charge in [-0.2, -0.15) is 0 Å². The standard InChI is InChI=1S/C18H27N3O3S.ClH/c1-3-10-20-25(23,24)17-7-5-6-16(13-17)18(22)21-11-8-15(9-12-21)14-19-4-2;/h3,5-7,13,15,19-20H,1,4,8-12,14H2,2H3;1H. The molecule has 1 fully saturated rings. The summed E-state index contributed by atoms with van der Waals surface area (Å²) in [6.07, 6.45) is 3.42. The summed E-state index contributed by atoms with van der Waals surface area (Å²) in [5.74, 6) is 0.487. The molecule has 1 heterocycles. The number of hydrogen-bond donors (Lipinski definition) is 2. The predicted molar refractivity (Wildman–Crippen MR) is 106 cm³/mol. The molecule has 0 unspecified atom stereocenters. The summed E-state index contributed by atoms with van der Waals surface area (Å²) in [6, 6.07) is 6.20. The molecule has 0 saturated carbocycles. The smallest absolute Gasteiger partial charge is 0.253 e. The van der Waals surface area contributed by atoms with Gasteiger partial charge in [-0.25, -0.2) is 13.1 Å². The monoisotopic (exact) mass is 401 g/mol. The van der Waals surface area contributed by atoms with Crippen LogP contribution in [-0.4, -0.2) is 51.9 Å². The quantitative estimate of drug-likeness (QED) is 0.653. The number of likely N-dealkylation sites (tertiary alicyclic amines) is 1. The highest BCUT2D eigenvalue weighted by atomic mass is 35.5. The summed E-state index contributed by atoms with van der Waals surface area (Å²) < 4.78 is 26.8. The Labute approximate surface area is 162 Å². The number of amides is 1. The van der Waals surface area contributed by atoms with E-state index in [0.29, 0.717) is 24.6 Å². The molecule has 0 aliphatic carbocycles. The number of nitrogens with zero attached hydrogens (tertiary/aromatic N) is 1. The third-order valence-corrected chi connectivity index (χ3v) is 5.81. The summed E-state index contributed by atoms with van der Waals surface area (Å²) in [7, 11) is -3.63. The van der Waals surface area contributed by atoms with E-state index in [1.165, 1.54) is 18.2 Å². The van der Waals surface area contributed by atoms with E-state index in [0.717, 1.165) is 25.9 Å². The minimum absolute atomic E-state index is 0. The molecule has 0 aromatic heterocycles. The van der Waals surface area contributed by atoms with Crippen molar-refractivity contribution in [1.82, 2.24) is 14.9 Å². The number of hydrogen-bond acceptors (Lipinski definition) is 4. The van der Waals surface area contributed by atoms with E-state index in [4.69, 9.17) is 0 Å². The molecule has 1 aliphatic rings. The van der Waals surface area contributed by atoms with E-state index in [1.54, 1.807) is 12.1 Å². The van der Waals surface area contributed by atoms with E-state index in [-0.39, 0.29) is 29.8 Å². The second-order valence-corrected chi connectivity index (χ2v) is 7.98. The van der Waals surface area contributed by atoms with Gasteiger partial charge < -0.3 is 10.2 Å². The third kappa shape index (κ3) is 6.09. The van der Waals surface area contributed by atoms with Gasteiger partial charge in [-0.3, -0.25) is 4.79 Å². The number of carbonyl (C=O) groups is 1. The average molecular weight is 402 g/mol. The molecule has 26 heavy (non-hydrogen) atoms. The molecule has 2 rings (SSSR count). The van der Waals surface area contributed by atoms with Crippen molar-refractivity contribution in [2.75, 3.05) is 32.7 Å². The van der Waals surface area contributed by atoms with Crippen LogP contribution in [0.5, 0.6) is 0 Å². The molecule has 1 aromatic carbocycles. The average Bonchev–Trinajstić information content (AvgIpc) is 2.64. The highest BCUT2D eigenvalue weighted by molar-refractivity contribution is 7.89. The number of carbonyl (C=O) groups excluding carboxylic acids is 1. The molecular weight excluding hydrogens is 374 g/mol. The molecule has 0 bridgehead atoms. The lowest BCUT2D eigenvalue weighted by Crippen LogP contribution is -2.40. The van der Waals surface area contributed by atoms with Crippen LogP contribution in [0.4, 0.5) is 0 Å². The van der Waals surface area contributed by atoms with Gasteiger partial charge in [0.2, 0.25) is 10.0 Å². The first-order valence-corrected chi connectivity index (χ1v) is 10.2. The summed E-state index contributed by atoms with van der Waals surface area (Å²) in [5, 5.41) is 3.35. The van der Waals surface area contributed by atoms with E-state index >= 15 is 0 Å². The van der Waals surface area contributed by atoms with Crippen molar-refractivity contribution in [3.05, 3.63) is 42.5 Å². The second-order valence-electron chi connectivity index (χ2n) is 6.21. The summed E-state index contributed by atoms with van der Waals surface area (Å²) in [4.78, 5) is 14.6. The van der Waals surface area contributed by atoms with E-state index in [9.17, 15) is 13.2 Å². The highest BCUT2D eigenvalue weighted by Crippen LogP contribution is 2.20. The SMILES string of the molecule is C=CCNS(=O)(=O)c1cccc(C(=O)N2CCC(CNCC)CC2)c1.Cl. The summed E-state index contributed by atoms with van der Waals surface area (Å²) in [6.45, 7) is 9.10. The number of halogens is 1. The Bertz CT molecular complexity index is 701. The number of sulfonamides is 1. The van der Waals surface area contributed by atoms with Crippen molar-refractivity contribution in [1.29, 1.82) is 0 Å². The van der Waals surface area contributed by atoms with Crippen molar-refractivity contribution in [2.45, 2.75) is 24.7 Å². The van der Waals surface area contributed by atoms with Crippen LogP contribution in [0.25, 0.3) is 0 Å². The third-order valence-electron chi connectivity index (χ3n) is 4.39. The highest BCUT2D eigenvalue weighted by Gasteiger charge is 2.24. The Balaban J connectivity index is 0.00000338. The molecule has 146 valence electrons. The molecule has 1 aromatic rings. The lowest BCUT2D eigenvalue weighted by Gasteiger charge is -2.32. The summed E-state index contributed by atoms with van der Waals surface area (Å²) in [5.41, 5.74) is 0.409. The normalized spacial score (nSPS) is 15.3. The molecule has 1 saturated heterocycles. The number of benzene rings is 1. The van der Waals surface area contributed by atoms with Gasteiger partial charge in [0.15, 0.2) is 0 Å². The molecule has 6 nitrogen and oxygen atoms in total. The molecule has 2 N–H and O–H groups in total. The van der Waals surface area contributed by atoms with Crippen LogP contribution >= 0.6 is 12.4 Å². The first-order valence-electron chi connectivity index (χ1n) is 8.68. The van der Waals surface area contributed by atoms with Crippen LogP contribution in [0, 0.1) is 5.92 Å². The molecule has 8 heteroatoms. The van der Waals surface area contributed by atoms with Crippen molar-refractivity contribution in [2.24, 2.45) is 5.92 Å². The van der Waals surface area contributed by atoms with Crippen molar-refractivity contribution in [3.63, 3.8) is 0 Å². The van der Waals surface area contributed by atoms with Gasteiger partial charge in [0.25, 0.3) is 5.91 Å². The molecule has 0 radical (unpaired) electrons. The van der Waals surface area contributed by atoms with Gasteiger partial charge in [0.1, 0.15) is 0 Å². The minimum Gasteiger partial charge on any atom is -0.339 e. The first kappa shape index (κ1) is 22.6. The molecule has 1 aliphatic heterocycles. The van der Waals surface area contributed by atoms with Gasteiger partial charge >= 0.3 is 0 Å². The van der Waals surface area contributed by atoms with Gasteiger partial charge in [0, 0.05) is 25.2 Å². The van der Waals surface area contributed by atoms with Gasteiger partial charge in [-0.1, -0.05) is 19.1 Å². The van der Waals surface area contributed by atoms with Gasteiger partial charge in [0.05, 0.1) is 4.90 Å². The van der Waals surface area contributed by atoms with Crippen molar-refractivity contribution in [3.8, 4) is 0 Å². The zero-order valence-corrected chi connectivity index (χ0v) is 16.7. The fourth-order valence-electron chi connectivity index (χ4n) is 2.92. The van der Waals surface area contributed by atoms with E-state index in [2.05, 4.69) is 23.5 Å². The minimum atomic E-state index is -3.63. The van der Waals surface area contributed by atoms with Crippen molar-refractivity contribution >= 4 is 28.3 Å². The lowest BCUT2D eigenvalue weighted by molar-refractivity contribution is 0.0690. The largest absolute Gasteiger partial charge is 0.339 e. The zero-order chi connectivity index (χ0) is 18.3. The maximum atomic E-state index is 12.7. The number of rotatable bonds is 8. The van der Waals surface area contributed by atoms with Crippen LogP contribution < -0.4 is 10.0 Å². The Morgan fingerprint density at radius 2 is 2.04 bits per heavy atom. The fraction of sp³-hybridized carbons (Fsp3) is 0.500. The van der Waals surface area contributed by atoms with Gasteiger partial charge in [-0.15, -0.1) is 19.0 Å². The van der Waals surface area contributed by atoms with Crippen LogP contribution in [0.2, 0.25) is 0 Å². The fourth-order valence-corrected chi connectivity index (χ4v) is 3.96. The number of nitrogens with one attached hydrogen (secondary N) is 2. The molecular formula is C18H28ClN3O3S. The van der Waals surface area contributed by atoms with E-state index in [1.807, 2.05) is 4.90 Å². The van der Waals surface area contributed by atoms with Crippen LogP contribution in [-0.2, 0) is 10.0 Å². The first-order chi connectivity index (χ1) is 12.0. The molecule has 0 atom stereocenters. The molecule has 0 spiro atoms. The topological polar surface area (TPSA) is 78.5 Å². The van der Waals surface area contributed by atoms with Crippen molar-refractivity contribution < 1.29 is 13.2 Å². The lowest BCUT2D eigenvalue weighted by atomic mass is 9.96. The van der Waals surface area contributed by atoms with Crippen LogP contribution in [0.3, 0.4) is 0 Å². The second kappa shape index (κ2) is 10.7. The van der Waals surface area contributed by atoms with Crippen LogP contribution in [0.15, 0.2) is 41.8 Å². The Kier molecular flexibility index (Phi) is 9.29. The van der Waals surface area contributed by atoms with Gasteiger partial charge in [-0.05, 0) is 50.0 Å².